The van der Waals surface area contributed by atoms with E-state index in [-0.39, 0.29) is 38.1 Å². The standard InChI is InChI=1S/C21H23F2N3O3S2/c1-4-31(28,29)18-9-6-5-8-15(18)20(27)26(11-7-10-25(2)3)21-24-19-16(23)12-14(22)13-17(19)30-21/h5-6,8-9,12-13H,4,7,10-11H2,1-3H3. The van der Waals surface area contributed by atoms with Gasteiger partial charge in [0, 0.05) is 12.6 Å². The lowest BCUT2D eigenvalue weighted by Crippen LogP contribution is -2.34. The number of halogens is 2. The van der Waals surface area contributed by atoms with Crippen LogP contribution in [0.3, 0.4) is 0 Å². The largest absolute Gasteiger partial charge is 0.309 e. The Morgan fingerprint density at radius 1 is 1.13 bits per heavy atom. The SMILES string of the molecule is CCS(=O)(=O)c1ccccc1C(=O)N(CCCN(C)C)c1nc2c(F)cc(F)cc2s1. The van der Waals surface area contributed by atoms with E-state index in [1.165, 1.54) is 24.0 Å². The number of aromatic nitrogens is 1. The fourth-order valence-electron chi connectivity index (χ4n) is 3.11. The van der Waals surface area contributed by atoms with Crippen molar-refractivity contribution in [2.45, 2.75) is 18.2 Å². The van der Waals surface area contributed by atoms with Crippen LogP contribution in [0.4, 0.5) is 13.9 Å². The van der Waals surface area contributed by atoms with E-state index in [4.69, 9.17) is 0 Å². The van der Waals surface area contributed by atoms with Crippen molar-refractivity contribution in [1.29, 1.82) is 0 Å². The summed E-state index contributed by atoms with van der Waals surface area (Å²) >= 11 is 0.986. The number of carbonyl (C=O) groups excluding carboxylic acids is 1. The van der Waals surface area contributed by atoms with Gasteiger partial charge < -0.3 is 4.90 Å². The van der Waals surface area contributed by atoms with Gasteiger partial charge in [0.2, 0.25) is 0 Å². The molecule has 0 aliphatic rings. The zero-order valence-electron chi connectivity index (χ0n) is 17.4. The Kier molecular flexibility index (Phi) is 7.03. The number of fused-ring (bicyclic) bond motifs is 1. The second-order valence-corrected chi connectivity index (χ2v) is 10.5. The molecule has 1 heterocycles. The minimum absolute atomic E-state index is 0.0266. The molecule has 31 heavy (non-hydrogen) atoms. The minimum atomic E-state index is -3.64. The Bertz CT molecular complexity index is 1210. The molecule has 0 saturated carbocycles. The first-order valence-electron chi connectivity index (χ1n) is 9.68. The van der Waals surface area contributed by atoms with Crippen LogP contribution in [0.5, 0.6) is 0 Å². The molecule has 0 N–H and O–H groups in total. The molecule has 0 atom stereocenters. The quantitative estimate of drug-likeness (QED) is 0.501. The first kappa shape index (κ1) is 23.2. The highest BCUT2D eigenvalue weighted by Crippen LogP contribution is 2.32. The maximum Gasteiger partial charge on any atom is 0.261 e. The smallest absolute Gasteiger partial charge is 0.261 e. The Balaban J connectivity index is 2.09. The van der Waals surface area contributed by atoms with E-state index in [9.17, 15) is 22.0 Å². The molecule has 0 bridgehead atoms. The Hall–Kier alpha value is -2.43. The first-order valence-corrected chi connectivity index (χ1v) is 12.1. The third kappa shape index (κ3) is 5.08. The van der Waals surface area contributed by atoms with Crippen molar-refractivity contribution >= 4 is 42.4 Å². The van der Waals surface area contributed by atoms with E-state index in [1.807, 2.05) is 19.0 Å². The number of benzene rings is 2. The molecule has 10 heteroatoms. The van der Waals surface area contributed by atoms with Crippen LogP contribution in [0.2, 0.25) is 0 Å². The summed E-state index contributed by atoms with van der Waals surface area (Å²) < 4.78 is 53.1. The van der Waals surface area contributed by atoms with Crippen molar-refractivity contribution < 1.29 is 22.0 Å². The van der Waals surface area contributed by atoms with E-state index in [0.717, 1.165) is 23.5 Å². The number of anilines is 1. The molecule has 1 aromatic heterocycles. The average Bonchev–Trinajstić information content (AvgIpc) is 3.14. The molecule has 0 aliphatic heterocycles. The first-order chi connectivity index (χ1) is 14.6. The van der Waals surface area contributed by atoms with E-state index >= 15 is 0 Å². The monoisotopic (exact) mass is 467 g/mol. The molecule has 166 valence electrons. The summed E-state index contributed by atoms with van der Waals surface area (Å²) in [6.07, 6.45) is 0.578. The highest BCUT2D eigenvalue weighted by Gasteiger charge is 2.27. The number of hydrogen-bond donors (Lipinski definition) is 0. The lowest BCUT2D eigenvalue weighted by Gasteiger charge is -2.22. The number of nitrogens with zero attached hydrogens (tertiary/aromatic N) is 3. The summed E-state index contributed by atoms with van der Waals surface area (Å²) in [5, 5.41) is 0.187. The van der Waals surface area contributed by atoms with Gasteiger partial charge in [-0.25, -0.2) is 22.2 Å². The second kappa shape index (κ2) is 9.37. The molecule has 2 aromatic carbocycles. The maximum absolute atomic E-state index is 14.2. The molecule has 1 amide bonds. The predicted octanol–water partition coefficient (Wildman–Crippen LogP) is 3.97. The topological polar surface area (TPSA) is 70.6 Å². The van der Waals surface area contributed by atoms with Crippen molar-refractivity contribution in [3.8, 4) is 0 Å². The van der Waals surface area contributed by atoms with Crippen molar-refractivity contribution in [2.75, 3.05) is 37.8 Å². The summed E-state index contributed by atoms with van der Waals surface area (Å²) in [5.41, 5.74) is 0.00128. The number of carbonyl (C=O) groups is 1. The van der Waals surface area contributed by atoms with Gasteiger partial charge >= 0.3 is 0 Å². The fourth-order valence-corrected chi connectivity index (χ4v) is 5.22. The van der Waals surface area contributed by atoms with Crippen LogP contribution in [0.15, 0.2) is 41.3 Å². The number of thiazole rings is 1. The van der Waals surface area contributed by atoms with Gasteiger partial charge in [0.1, 0.15) is 11.3 Å². The molecule has 3 rings (SSSR count). The van der Waals surface area contributed by atoms with Crippen molar-refractivity contribution in [3.63, 3.8) is 0 Å². The fraction of sp³-hybridized carbons (Fsp3) is 0.333. The molecule has 6 nitrogen and oxygen atoms in total. The van der Waals surface area contributed by atoms with Gasteiger partial charge in [-0.1, -0.05) is 30.4 Å². The summed E-state index contributed by atoms with van der Waals surface area (Å²) in [6.45, 7) is 2.42. The van der Waals surface area contributed by atoms with Crippen LogP contribution in [-0.4, -0.2) is 57.1 Å². The number of hydrogen-bond acceptors (Lipinski definition) is 6. The molecule has 3 aromatic rings. The van der Waals surface area contributed by atoms with Gasteiger partial charge in [-0.05, 0) is 45.3 Å². The summed E-state index contributed by atoms with van der Waals surface area (Å²) in [7, 11) is 0.145. The third-order valence-corrected chi connectivity index (χ3v) is 7.51. The van der Waals surface area contributed by atoms with Gasteiger partial charge in [0.25, 0.3) is 5.91 Å². The van der Waals surface area contributed by atoms with Crippen LogP contribution >= 0.6 is 11.3 Å². The van der Waals surface area contributed by atoms with Gasteiger partial charge in [-0.3, -0.25) is 9.69 Å². The van der Waals surface area contributed by atoms with Crippen LogP contribution < -0.4 is 4.90 Å². The van der Waals surface area contributed by atoms with Gasteiger partial charge in [-0.2, -0.15) is 0 Å². The number of amides is 1. The number of sulfone groups is 1. The van der Waals surface area contributed by atoms with Crippen LogP contribution in [0.1, 0.15) is 23.7 Å². The highest BCUT2D eigenvalue weighted by molar-refractivity contribution is 7.91. The average molecular weight is 468 g/mol. The van der Waals surface area contributed by atoms with Gasteiger partial charge in [0.05, 0.1) is 20.9 Å². The maximum atomic E-state index is 14.2. The van der Waals surface area contributed by atoms with Crippen molar-refractivity contribution in [1.82, 2.24) is 9.88 Å². The van der Waals surface area contributed by atoms with Gasteiger partial charge in [0.15, 0.2) is 20.8 Å². The third-order valence-electron chi connectivity index (χ3n) is 4.70. The Morgan fingerprint density at radius 3 is 2.52 bits per heavy atom. The molecule has 0 fully saturated rings. The van der Waals surface area contributed by atoms with Crippen LogP contribution in [-0.2, 0) is 9.84 Å². The Labute approximate surface area is 184 Å². The second-order valence-electron chi connectivity index (χ2n) is 7.24. The summed E-state index contributed by atoms with van der Waals surface area (Å²) in [5.74, 6) is -2.24. The molecular formula is C21H23F2N3O3S2. The van der Waals surface area contributed by atoms with Crippen LogP contribution in [0, 0.1) is 11.6 Å². The molecule has 0 unspecified atom stereocenters. The lowest BCUT2D eigenvalue weighted by atomic mass is 10.2. The number of rotatable bonds is 8. The molecule has 0 saturated heterocycles. The highest BCUT2D eigenvalue weighted by atomic mass is 32.2. The zero-order valence-corrected chi connectivity index (χ0v) is 19.1. The lowest BCUT2D eigenvalue weighted by molar-refractivity contribution is 0.0983. The van der Waals surface area contributed by atoms with E-state index in [1.54, 1.807) is 12.1 Å². The Morgan fingerprint density at radius 2 is 1.84 bits per heavy atom. The van der Waals surface area contributed by atoms with E-state index in [0.29, 0.717) is 13.0 Å². The van der Waals surface area contributed by atoms with Crippen molar-refractivity contribution in [2.24, 2.45) is 0 Å². The zero-order chi connectivity index (χ0) is 22.8. The molecule has 0 aliphatic carbocycles. The van der Waals surface area contributed by atoms with Crippen molar-refractivity contribution in [3.05, 3.63) is 53.6 Å². The molecular weight excluding hydrogens is 444 g/mol. The van der Waals surface area contributed by atoms with Crippen LogP contribution in [0.25, 0.3) is 10.2 Å². The predicted molar refractivity (Wildman–Crippen MR) is 119 cm³/mol. The van der Waals surface area contributed by atoms with E-state index in [2.05, 4.69) is 4.98 Å². The minimum Gasteiger partial charge on any atom is -0.309 e. The normalized spacial score (nSPS) is 11.9. The summed E-state index contributed by atoms with van der Waals surface area (Å²) in [6, 6.07) is 7.92. The summed E-state index contributed by atoms with van der Waals surface area (Å²) in [4.78, 5) is 20.9. The molecule has 0 spiro atoms. The van der Waals surface area contributed by atoms with E-state index < -0.39 is 27.4 Å². The molecule has 0 radical (unpaired) electrons. The van der Waals surface area contributed by atoms with Gasteiger partial charge in [-0.15, -0.1) is 0 Å².